The molecule has 2 heterocycles. The largest absolute Gasteiger partial charge is 0.417 e. The Hall–Kier alpha value is -1.37. The Morgan fingerprint density at radius 1 is 1.47 bits per heavy atom. The summed E-state index contributed by atoms with van der Waals surface area (Å²) >= 11 is 3.01. The Morgan fingerprint density at radius 2 is 2.12 bits per heavy atom. The summed E-state index contributed by atoms with van der Waals surface area (Å²) < 4.78 is 39.1. The third-order valence-corrected chi connectivity index (χ3v) is 2.83. The predicted octanol–water partition coefficient (Wildman–Crippen LogP) is 3.32. The molecule has 2 aromatic heterocycles. The van der Waals surface area contributed by atoms with Crippen LogP contribution < -0.4 is 0 Å². The molecule has 0 radical (unpaired) electrons. The molecule has 0 saturated carbocycles. The van der Waals surface area contributed by atoms with Crippen molar-refractivity contribution in [3.05, 3.63) is 34.2 Å². The first-order valence-corrected chi connectivity index (χ1v) is 5.34. The summed E-state index contributed by atoms with van der Waals surface area (Å²) in [5, 5.41) is 0. The van der Waals surface area contributed by atoms with Crippen LogP contribution in [-0.2, 0) is 6.18 Å². The van der Waals surface area contributed by atoms with Crippen LogP contribution in [0.2, 0.25) is 0 Å². The van der Waals surface area contributed by atoms with Gasteiger partial charge in [-0.3, -0.25) is 9.20 Å². The first-order valence-electron chi connectivity index (χ1n) is 4.55. The lowest BCUT2D eigenvalue weighted by atomic mass is 10.2. The van der Waals surface area contributed by atoms with Gasteiger partial charge in [0, 0.05) is 13.1 Å². The zero-order chi connectivity index (χ0) is 12.8. The molecule has 0 aliphatic carbocycles. The first kappa shape index (κ1) is 12.1. The quantitative estimate of drug-likeness (QED) is 0.758. The first-order chi connectivity index (χ1) is 7.80. The van der Waals surface area contributed by atoms with E-state index in [4.69, 9.17) is 0 Å². The number of imidazole rings is 1. The van der Waals surface area contributed by atoms with Crippen LogP contribution in [-0.4, -0.2) is 15.2 Å². The molecule has 90 valence electrons. The van der Waals surface area contributed by atoms with Gasteiger partial charge in [-0.1, -0.05) is 0 Å². The minimum Gasteiger partial charge on any atom is -0.295 e. The molecule has 0 atom stereocenters. The van der Waals surface area contributed by atoms with Crippen molar-refractivity contribution in [2.24, 2.45) is 0 Å². The van der Waals surface area contributed by atoms with E-state index >= 15 is 0 Å². The van der Waals surface area contributed by atoms with Gasteiger partial charge in [0.1, 0.15) is 5.69 Å². The number of alkyl halides is 3. The minimum absolute atomic E-state index is 0.117. The Bertz CT molecular complexity index is 603. The summed E-state index contributed by atoms with van der Waals surface area (Å²) in [6, 6.07) is 0.937. The maximum atomic E-state index is 12.6. The zero-order valence-electron chi connectivity index (χ0n) is 8.55. The van der Waals surface area contributed by atoms with Crippen LogP contribution in [0.4, 0.5) is 13.2 Å². The summed E-state index contributed by atoms with van der Waals surface area (Å²) in [6.45, 7) is 1.28. The number of carbonyl (C=O) groups is 1. The van der Waals surface area contributed by atoms with Crippen molar-refractivity contribution in [3.8, 4) is 0 Å². The standard InChI is InChI=1S/C10H6BrF3N2O/c1-5(17)8-3-15-9-7(11)2-6(4-16(8)9)10(12,13)14/h2-4H,1H3. The molecule has 2 aromatic rings. The second-order valence-electron chi connectivity index (χ2n) is 3.47. The molecule has 0 fully saturated rings. The van der Waals surface area contributed by atoms with E-state index < -0.39 is 11.7 Å². The van der Waals surface area contributed by atoms with Crippen LogP contribution >= 0.6 is 15.9 Å². The maximum absolute atomic E-state index is 12.6. The Morgan fingerprint density at radius 3 is 2.65 bits per heavy atom. The van der Waals surface area contributed by atoms with Crippen molar-refractivity contribution in [1.82, 2.24) is 9.38 Å². The highest BCUT2D eigenvalue weighted by Crippen LogP contribution is 2.32. The van der Waals surface area contributed by atoms with Gasteiger partial charge in [-0.05, 0) is 22.0 Å². The number of rotatable bonds is 1. The molecule has 0 unspecified atom stereocenters. The Labute approximate surface area is 102 Å². The Balaban J connectivity index is 2.78. The number of pyridine rings is 1. The number of halogens is 4. The number of carbonyl (C=O) groups excluding carboxylic acids is 1. The second kappa shape index (κ2) is 3.83. The van der Waals surface area contributed by atoms with Crippen LogP contribution in [0, 0.1) is 0 Å². The van der Waals surface area contributed by atoms with Gasteiger partial charge in [0.05, 0.1) is 16.2 Å². The van der Waals surface area contributed by atoms with Crippen molar-refractivity contribution < 1.29 is 18.0 Å². The molecule has 3 nitrogen and oxygen atoms in total. The van der Waals surface area contributed by atoms with Crippen molar-refractivity contribution >= 4 is 27.4 Å². The van der Waals surface area contributed by atoms with E-state index in [1.54, 1.807) is 0 Å². The normalized spacial score (nSPS) is 12.1. The third kappa shape index (κ3) is 2.06. The highest BCUT2D eigenvalue weighted by atomic mass is 79.9. The second-order valence-corrected chi connectivity index (χ2v) is 4.32. The third-order valence-electron chi connectivity index (χ3n) is 2.25. The number of Topliss-reactive ketones (excluding diaryl/α,β-unsaturated/α-hetero) is 1. The van der Waals surface area contributed by atoms with E-state index in [-0.39, 0.29) is 21.6 Å². The lowest BCUT2D eigenvalue weighted by Gasteiger charge is -2.09. The molecular formula is C10H6BrF3N2O. The van der Waals surface area contributed by atoms with E-state index in [0.717, 1.165) is 16.7 Å². The topological polar surface area (TPSA) is 34.4 Å². The summed E-state index contributed by atoms with van der Waals surface area (Å²) in [7, 11) is 0. The molecule has 2 rings (SSSR count). The SMILES string of the molecule is CC(=O)c1cnc2c(Br)cc(C(F)(F)F)cn12. The number of ketones is 1. The van der Waals surface area contributed by atoms with Crippen molar-refractivity contribution in [1.29, 1.82) is 0 Å². The molecule has 0 amide bonds. The molecule has 17 heavy (non-hydrogen) atoms. The van der Waals surface area contributed by atoms with E-state index in [9.17, 15) is 18.0 Å². The van der Waals surface area contributed by atoms with E-state index in [0.29, 0.717) is 0 Å². The number of fused-ring (bicyclic) bond motifs is 1. The molecule has 0 aliphatic heterocycles. The molecule has 0 N–H and O–H groups in total. The summed E-state index contributed by atoms with van der Waals surface area (Å²) in [4.78, 5) is 15.1. The maximum Gasteiger partial charge on any atom is 0.417 e. The molecule has 0 bridgehead atoms. The fourth-order valence-electron chi connectivity index (χ4n) is 1.46. The molecule has 0 saturated heterocycles. The summed E-state index contributed by atoms with van der Waals surface area (Å²) in [5.41, 5.74) is -0.438. The lowest BCUT2D eigenvalue weighted by Crippen LogP contribution is -2.08. The van der Waals surface area contributed by atoms with Crippen LogP contribution in [0.5, 0.6) is 0 Å². The summed E-state index contributed by atoms with van der Waals surface area (Å²) in [6.07, 6.45) is -2.35. The zero-order valence-corrected chi connectivity index (χ0v) is 10.1. The molecule has 0 aliphatic rings. The predicted molar refractivity (Wildman–Crippen MR) is 57.9 cm³/mol. The van der Waals surface area contributed by atoms with Crippen LogP contribution in [0.25, 0.3) is 5.65 Å². The number of hydrogen-bond acceptors (Lipinski definition) is 2. The van der Waals surface area contributed by atoms with E-state index in [1.165, 1.54) is 13.1 Å². The number of aromatic nitrogens is 2. The molecular weight excluding hydrogens is 301 g/mol. The van der Waals surface area contributed by atoms with Crippen molar-refractivity contribution in [2.75, 3.05) is 0 Å². The van der Waals surface area contributed by atoms with Gasteiger partial charge in [-0.15, -0.1) is 0 Å². The van der Waals surface area contributed by atoms with Gasteiger partial charge >= 0.3 is 6.18 Å². The molecule has 0 spiro atoms. The molecule has 0 aromatic carbocycles. The van der Waals surface area contributed by atoms with Gasteiger partial charge in [-0.25, -0.2) is 4.98 Å². The van der Waals surface area contributed by atoms with Crippen molar-refractivity contribution in [3.63, 3.8) is 0 Å². The van der Waals surface area contributed by atoms with Crippen molar-refractivity contribution in [2.45, 2.75) is 13.1 Å². The lowest BCUT2D eigenvalue weighted by molar-refractivity contribution is -0.137. The van der Waals surface area contributed by atoms with E-state index in [1.807, 2.05) is 0 Å². The van der Waals surface area contributed by atoms with Gasteiger partial charge in [0.25, 0.3) is 0 Å². The smallest absolute Gasteiger partial charge is 0.295 e. The van der Waals surface area contributed by atoms with Gasteiger partial charge < -0.3 is 0 Å². The fraction of sp³-hybridized carbons (Fsp3) is 0.200. The van der Waals surface area contributed by atoms with Gasteiger partial charge in [-0.2, -0.15) is 13.2 Å². The average molecular weight is 307 g/mol. The van der Waals surface area contributed by atoms with Crippen LogP contribution in [0.3, 0.4) is 0 Å². The number of nitrogens with zero attached hydrogens (tertiary/aromatic N) is 2. The highest BCUT2D eigenvalue weighted by Gasteiger charge is 2.32. The monoisotopic (exact) mass is 306 g/mol. The summed E-state index contributed by atoms with van der Waals surface area (Å²) in [5.74, 6) is -0.344. The molecule has 7 heteroatoms. The highest BCUT2D eigenvalue weighted by molar-refractivity contribution is 9.10. The van der Waals surface area contributed by atoms with E-state index in [2.05, 4.69) is 20.9 Å². The Kier molecular flexibility index (Phi) is 2.73. The van der Waals surface area contributed by atoms with Gasteiger partial charge in [0.2, 0.25) is 0 Å². The number of hydrogen-bond donors (Lipinski definition) is 0. The van der Waals surface area contributed by atoms with Crippen LogP contribution in [0.1, 0.15) is 23.0 Å². The minimum atomic E-state index is -4.46. The fourth-order valence-corrected chi connectivity index (χ4v) is 2.00. The van der Waals surface area contributed by atoms with Crippen LogP contribution in [0.15, 0.2) is 22.9 Å². The van der Waals surface area contributed by atoms with Gasteiger partial charge in [0.15, 0.2) is 11.4 Å². The average Bonchev–Trinajstić information content (AvgIpc) is 2.60.